The standard InChI is InChI=1S/C16H23FN2O2/c1-11(12-8-9-15(21-2)14(17)10-12)18-16(20)19-13-6-4-3-5-7-13/h8-11,13H,3-7H2,1-2H3,(H2,18,19,20)/t11-/m0/s1. The molecule has 2 amide bonds. The van der Waals surface area contributed by atoms with E-state index in [-0.39, 0.29) is 23.9 Å². The predicted octanol–water partition coefficient (Wildman–Crippen LogP) is 3.53. The topological polar surface area (TPSA) is 50.4 Å². The zero-order valence-corrected chi connectivity index (χ0v) is 12.6. The molecule has 2 rings (SSSR count). The van der Waals surface area contributed by atoms with Gasteiger partial charge in [-0.2, -0.15) is 0 Å². The van der Waals surface area contributed by atoms with Gasteiger partial charge in [-0.05, 0) is 37.5 Å². The van der Waals surface area contributed by atoms with Gasteiger partial charge in [0, 0.05) is 6.04 Å². The van der Waals surface area contributed by atoms with Gasteiger partial charge in [-0.1, -0.05) is 25.3 Å². The van der Waals surface area contributed by atoms with Gasteiger partial charge in [-0.3, -0.25) is 0 Å². The average Bonchev–Trinajstić information content (AvgIpc) is 2.48. The molecule has 1 aromatic carbocycles. The van der Waals surface area contributed by atoms with Crippen LogP contribution in [0.25, 0.3) is 0 Å². The van der Waals surface area contributed by atoms with Crippen molar-refractivity contribution in [3.8, 4) is 5.75 Å². The van der Waals surface area contributed by atoms with Gasteiger partial charge in [-0.15, -0.1) is 0 Å². The van der Waals surface area contributed by atoms with Crippen LogP contribution < -0.4 is 15.4 Å². The van der Waals surface area contributed by atoms with Crippen LogP contribution >= 0.6 is 0 Å². The van der Waals surface area contributed by atoms with E-state index in [1.807, 2.05) is 6.92 Å². The second kappa shape index (κ2) is 7.29. The number of rotatable bonds is 4. The minimum absolute atomic E-state index is 0.189. The summed E-state index contributed by atoms with van der Waals surface area (Å²) in [6.07, 6.45) is 5.67. The Hall–Kier alpha value is -1.78. The quantitative estimate of drug-likeness (QED) is 0.892. The van der Waals surface area contributed by atoms with Gasteiger partial charge in [0.25, 0.3) is 0 Å². The van der Waals surface area contributed by atoms with E-state index in [2.05, 4.69) is 10.6 Å². The van der Waals surface area contributed by atoms with E-state index in [4.69, 9.17) is 4.74 Å². The molecule has 1 aliphatic rings. The number of amides is 2. The Bertz CT molecular complexity index is 487. The molecule has 2 N–H and O–H groups in total. The zero-order chi connectivity index (χ0) is 15.2. The zero-order valence-electron chi connectivity index (χ0n) is 12.6. The van der Waals surface area contributed by atoms with Crippen LogP contribution in [0, 0.1) is 5.82 Å². The molecule has 0 bridgehead atoms. The van der Waals surface area contributed by atoms with Crippen LogP contribution in [-0.4, -0.2) is 19.2 Å². The lowest BCUT2D eigenvalue weighted by Crippen LogP contribution is -2.43. The Morgan fingerprint density at radius 3 is 2.67 bits per heavy atom. The molecule has 1 aromatic rings. The summed E-state index contributed by atoms with van der Waals surface area (Å²) in [7, 11) is 1.43. The lowest BCUT2D eigenvalue weighted by atomic mass is 9.96. The largest absolute Gasteiger partial charge is 0.494 e. The molecule has 4 nitrogen and oxygen atoms in total. The number of hydrogen-bond donors (Lipinski definition) is 2. The van der Waals surface area contributed by atoms with Crippen molar-refractivity contribution in [2.45, 2.75) is 51.1 Å². The molecule has 1 fully saturated rings. The van der Waals surface area contributed by atoms with Gasteiger partial charge in [-0.25, -0.2) is 9.18 Å². The molecule has 1 saturated carbocycles. The predicted molar refractivity (Wildman–Crippen MR) is 79.9 cm³/mol. The molecule has 0 aliphatic heterocycles. The van der Waals surface area contributed by atoms with Crippen LogP contribution in [0.5, 0.6) is 5.75 Å². The van der Waals surface area contributed by atoms with Crippen LogP contribution in [0.3, 0.4) is 0 Å². The monoisotopic (exact) mass is 294 g/mol. The highest BCUT2D eigenvalue weighted by Crippen LogP contribution is 2.22. The van der Waals surface area contributed by atoms with Crippen molar-refractivity contribution >= 4 is 6.03 Å². The number of benzene rings is 1. The van der Waals surface area contributed by atoms with Crippen molar-refractivity contribution in [3.63, 3.8) is 0 Å². The number of halogens is 1. The van der Waals surface area contributed by atoms with Gasteiger partial charge >= 0.3 is 6.03 Å². The fraction of sp³-hybridized carbons (Fsp3) is 0.562. The lowest BCUT2D eigenvalue weighted by Gasteiger charge is -2.24. The molecule has 0 radical (unpaired) electrons. The van der Waals surface area contributed by atoms with Gasteiger partial charge in [0.15, 0.2) is 11.6 Å². The van der Waals surface area contributed by atoms with Gasteiger partial charge in [0.2, 0.25) is 0 Å². The number of carbonyl (C=O) groups is 1. The molecule has 0 spiro atoms. The molecular formula is C16H23FN2O2. The summed E-state index contributed by atoms with van der Waals surface area (Å²) >= 11 is 0. The van der Waals surface area contributed by atoms with E-state index >= 15 is 0 Å². The average molecular weight is 294 g/mol. The summed E-state index contributed by atoms with van der Waals surface area (Å²) in [4.78, 5) is 12.0. The third-order valence-corrected chi connectivity index (χ3v) is 3.96. The highest BCUT2D eigenvalue weighted by molar-refractivity contribution is 5.74. The first-order chi connectivity index (χ1) is 10.1. The molecular weight excluding hydrogens is 271 g/mol. The second-order valence-electron chi connectivity index (χ2n) is 5.57. The summed E-state index contributed by atoms with van der Waals surface area (Å²) in [5, 5.41) is 5.84. The van der Waals surface area contributed by atoms with E-state index in [1.165, 1.54) is 32.4 Å². The minimum atomic E-state index is -0.420. The van der Waals surface area contributed by atoms with Crippen LogP contribution in [-0.2, 0) is 0 Å². The number of ether oxygens (including phenoxy) is 1. The molecule has 5 heteroatoms. The maximum atomic E-state index is 13.7. The summed E-state index contributed by atoms with van der Waals surface area (Å²) < 4.78 is 18.6. The first-order valence-electron chi connectivity index (χ1n) is 7.50. The summed E-state index contributed by atoms with van der Waals surface area (Å²) in [5.74, 6) is -0.214. The highest BCUT2D eigenvalue weighted by atomic mass is 19.1. The SMILES string of the molecule is COc1ccc([C@H](C)NC(=O)NC2CCCCC2)cc1F. The molecule has 0 heterocycles. The fourth-order valence-corrected chi connectivity index (χ4v) is 2.71. The van der Waals surface area contributed by atoms with E-state index in [0.29, 0.717) is 5.56 Å². The summed E-state index contributed by atoms with van der Waals surface area (Å²) in [5.41, 5.74) is 0.715. The first-order valence-corrected chi connectivity index (χ1v) is 7.50. The van der Waals surface area contributed by atoms with Crippen LogP contribution in [0.1, 0.15) is 50.6 Å². The maximum absolute atomic E-state index is 13.7. The number of methoxy groups -OCH3 is 1. The van der Waals surface area contributed by atoms with Crippen molar-refractivity contribution in [2.24, 2.45) is 0 Å². The Morgan fingerprint density at radius 1 is 1.33 bits per heavy atom. The summed E-state index contributed by atoms with van der Waals surface area (Å²) in [6.45, 7) is 1.84. The van der Waals surface area contributed by atoms with Crippen LogP contribution in [0.4, 0.5) is 9.18 Å². The normalized spacial score (nSPS) is 17.1. The second-order valence-corrected chi connectivity index (χ2v) is 5.57. The van der Waals surface area contributed by atoms with Crippen molar-refractivity contribution in [1.82, 2.24) is 10.6 Å². The van der Waals surface area contributed by atoms with Crippen molar-refractivity contribution in [2.75, 3.05) is 7.11 Å². The fourth-order valence-electron chi connectivity index (χ4n) is 2.71. The Kier molecular flexibility index (Phi) is 5.42. The first kappa shape index (κ1) is 15.6. The lowest BCUT2D eigenvalue weighted by molar-refractivity contribution is 0.229. The summed E-state index contributed by atoms with van der Waals surface area (Å²) in [6, 6.07) is 4.54. The molecule has 0 aromatic heterocycles. The van der Waals surface area contributed by atoms with E-state index in [1.54, 1.807) is 12.1 Å². The number of nitrogens with one attached hydrogen (secondary N) is 2. The molecule has 1 atom stereocenters. The number of carbonyl (C=O) groups excluding carboxylic acids is 1. The van der Waals surface area contributed by atoms with Gasteiger partial charge < -0.3 is 15.4 Å². The Morgan fingerprint density at radius 2 is 2.05 bits per heavy atom. The molecule has 0 unspecified atom stereocenters. The Balaban J connectivity index is 1.89. The van der Waals surface area contributed by atoms with E-state index < -0.39 is 5.82 Å². The maximum Gasteiger partial charge on any atom is 0.315 e. The smallest absolute Gasteiger partial charge is 0.315 e. The Labute approximate surface area is 125 Å². The number of hydrogen-bond acceptors (Lipinski definition) is 2. The molecule has 116 valence electrons. The third-order valence-electron chi connectivity index (χ3n) is 3.96. The highest BCUT2D eigenvalue weighted by Gasteiger charge is 2.17. The van der Waals surface area contributed by atoms with Crippen molar-refractivity contribution < 1.29 is 13.9 Å². The van der Waals surface area contributed by atoms with Crippen molar-refractivity contribution in [3.05, 3.63) is 29.6 Å². The van der Waals surface area contributed by atoms with Crippen LogP contribution in [0.15, 0.2) is 18.2 Å². The molecule has 21 heavy (non-hydrogen) atoms. The third kappa shape index (κ3) is 4.34. The van der Waals surface area contributed by atoms with Crippen LogP contribution in [0.2, 0.25) is 0 Å². The van der Waals surface area contributed by atoms with Gasteiger partial charge in [0.05, 0.1) is 13.2 Å². The van der Waals surface area contributed by atoms with E-state index in [0.717, 1.165) is 12.8 Å². The number of urea groups is 1. The molecule has 0 saturated heterocycles. The van der Waals surface area contributed by atoms with Gasteiger partial charge in [0.1, 0.15) is 0 Å². The minimum Gasteiger partial charge on any atom is -0.494 e. The van der Waals surface area contributed by atoms with E-state index in [9.17, 15) is 9.18 Å². The van der Waals surface area contributed by atoms with Crippen molar-refractivity contribution in [1.29, 1.82) is 0 Å². The molecule has 1 aliphatic carbocycles.